The summed E-state index contributed by atoms with van der Waals surface area (Å²) in [5, 5.41) is 9.08. The molecular weight excluding hydrogens is 348 g/mol. The van der Waals surface area contributed by atoms with E-state index >= 15 is 0 Å². The van der Waals surface area contributed by atoms with Crippen molar-refractivity contribution in [3.8, 4) is 5.75 Å². The Kier molecular flexibility index (Phi) is 5.98. The van der Waals surface area contributed by atoms with Gasteiger partial charge in [0.1, 0.15) is 5.75 Å². The monoisotopic (exact) mass is 374 g/mol. The van der Waals surface area contributed by atoms with Crippen LogP contribution in [0.4, 0.5) is 0 Å². The molecule has 1 saturated carbocycles. The van der Waals surface area contributed by atoms with E-state index in [2.05, 4.69) is 0 Å². The molecule has 1 aromatic rings. The molecule has 0 bridgehead atoms. The zero-order valence-corrected chi connectivity index (χ0v) is 15.6. The number of rotatable bonds is 4. The van der Waals surface area contributed by atoms with Gasteiger partial charge in [0.15, 0.2) is 0 Å². The van der Waals surface area contributed by atoms with Crippen molar-refractivity contribution >= 4 is 17.8 Å². The van der Waals surface area contributed by atoms with Gasteiger partial charge >= 0.3 is 5.97 Å². The van der Waals surface area contributed by atoms with E-state index in [1.165, 1.54) is 0 Å². The van der Waals surface area contributed by atoms with Gasteiger partial charge in [-0.25, -0.2) is 0 Å². The van der Waals surface area contributed by atoms with E-state index in [1.807, 2.05) is 4.90 Å². The van der Waals surface area contributed by atoms with Crippen LogP contribution in [0.1, 0.15) is 36.0 Å². The molecule has 1 aliphatic heterocycles. The Hall–Kier alpha value is -2.57. The minimum absolute atomic E-state index is 0.0528. The largest absolute Gasteiger partial charge is 0.497 e. The number of carboxylic acid groups (broad SMARTS) is 1. The number of piperazine rings is 1. The molecule has 1 aliphatic carbocycles. The van der Waals surface area contributed by atoms with Crippen LogP contribution < -0.4 is 4.74 Å². The summed E-state index contributed by atoms with van der Waals surface area (Å²) >= 11 is 0. The number of ether oxygens (including phenoxy) is 1. The van der Waals surface area contributed by atoms with Crippen molar-refractivity contribution in [3.05, 3.63) is 29.8 Å². The zero-order valence-electron chi connectivity index (χ0n) is 15.6. The minimum atomic E-state index is -0.759. The summed E-state index contributed by atoms with van der Waals surface area (Å²) in [6.45, 7) is 2.05. The fraction of sp³-hybridized carbons (Fsp3) is 0.550. The van der Waals surface area contributed by atoms with Crippen LogP contribution in [0.2, 0.25) is 0 Å². The van der Waals surface area contributed by atoms with Crippen LogP contribution in [0.3, 0.4) is 0 Å². The van der Waals surface area contributed by atoms with E-state index in [1.54, 1.807) is 36.3 Å². The Bertz CT molecular complexity index is 704. The SMILES string of the molecule is COc1cccc(C(=O)N2CCN(C(=O)C3CCC(C(=O)O)CC3)CC2)c1. The van der Waals surface area contributed by atoms with Crippen LogP contribution >= 0.6 is 0 Å². The molecule has 2 fully saturated rings. The van der Waals surface area contributed by atoms with Crippen molar-refractivity contribution < 1.29 is 24.2 Å². The average Bonchev–Trinajstić information content (AvgIpc) is 2.73. The summed E-state index contributed by atoms with van der Waals surface area (Å²) in [5.74, 6) is -0.458. The number of carboxylic acids is 1. The smallest absolute Gasteiger partial charge is 0.306 e. The van der Waals surface area contributed by atoms with Gasteiger partial charge in [-0.3, -0.25) is 14.4 Å². The Balaban J connectivity index is 1.52. The lowest BCUT2D eigenvalue weighted by Gasteiger charge is -2.37. The lowest BCUT2D eigenvalue weighted by Crippen LogP contribution is -2.52. The number of hydrogen-bond donors (Lipinski definition) is 1. The fourth-order valence-corrected chi connectivity index (χ4v) is 3.91. The topological polar surface area (TPSA) is 87.2 Å². The first kappa shape index (κ1) is 19.2. The zero-order chi connectivity index (χ0) is 19.4. The molecular formula is C20H26N2O5. The lowest BCUT2D eigenvalue weighted by molar-refractivity contribution is -0.146. The van der Waals surface area contributed by atoms with Crippen LogP contribution in [0.5, 0.6) is 5.75 Å². The molecule has 0 unspecified atom stereocenters. The Morgan fingerprint density at radius 1 is 0.963 bits per heavy atom. The molecule has 0 radical (unpaired) electrons. The van der Waals surface area contributed by atoms with E-state index in [4.69, 9.17) is 9.84 Å². The average molecular weight is 374 g/mol. The summed E-state index contributed by atoms with van der Waals surface area (Å²) < 4.78 is 5.17. The van der Waals surface area contributed by atoms with Crippen molar-refractivity contribution in [3.63, 3.8) is 0 Å². The molecule has 1 N–H and O–H groups in total. The van der Waals surface area contributed by atoms with Crippen LogP contribution in [0, 0.1) is 11.8 Å². The van der Waals surface area contributed by atoms with Crippen molar-refractivity contribution in [2.45, 2.75) is 25.7 Å². The Morgan fingerprint density at radius 2 is 1.56 bits per heavy atom. The molecule has 27 heavy (non-hydrogen) atoms. The Labute approximate surface area is 158 Å². The van der Waals surface area contributed by atoms with E-state index in [-0.39, 0.29) is 23.7 Å². The molecule has 0 spiro atoms. The van der Waals surface area contributed by atoms with Gasteiger partial charge in [0.2, 0.25) is 5.91 Å². The van der Waals surface area contributed by atoms with Crippen LogP contribution in [0.15, 0.2) is 24.3 Å². The summed E-state index contributed by atoms with van der Waals surface area (Å²) in [6, 6.07) is 7.08. The van der Waals surface area contributed by atoms with Gasteiger partial charge in [-0.05, 0) is 43.9 Å². The number of methoxy groups -OCH3 is 1. The van der Waals surface area contributed by atoms with E-state index in [0.29, 0.717) is 63.2 Å². The van der Waals surface area contributed by atoms with Gasteiger partial charge in [0.25, 0.3) is 5.91 Å². The van der Waals surface area contributed by atoms with Gasteiger partial charge in [-0.15, -0.1) is 0 Å². The molecule has 1 aromatic carbocycles. The Morgan fingerprint density at radius 3 is 2.15 bits per heavy atom. The molecule has 1 heterocycles. The number of aliphatic carboxylic acids is 1. The van der Waals surface area contributed by atoms with Crippen LogP contribution in [-0.2, 0) is 9.59 Å². The molecule has 0 aromatic heterocycles. The summed E-state index contributed by atoms with van der Waals surface area (Å²) in [6.07, 6.45) is 2.41. The molecule has 0 atom stereocenters. The molecule has 7 nitrogen and oxygen atoms in total. The fourth-order valence-electron chi connectivity index (χ4n) is 3.91. The second kappa shape index (κ2) is 8.41. The minimum Gasteiger partial charge on any atom is -0.497 e. The number of carbonyl (C=O) groups excluding carboxylic acids is 2. The van der Waals surface area contributed by atoms with Crippen LogP contribution in [0.25, 0.3) is 0 Å². The van der Waals surface area contributed by atoms with Gasteiger partial charge in [0, 0.05) is 37.7 Å². The molecule has 3 rings (SSSR count). The molecule has 1 saturated heterocycles. The maximum Gasteiger partial charge on any atom is 0.306 e. The van der Waals surface area contributed by atoms with Crippen molar-refractivity contribution in [1.29, 1.82) is 0 Å². The third kappa shape index (κ3) is 4.40. The van der Waals surface area contributed by atoms with Gasteiger partial charge in [-0.2, -0.15) is 0 Å². The molecule has 2 aliphatic rings. The molecule has 2 amide bonds. The highest BCUT2D eigenvalue weighted by atomic mass is 16.5. The van der Waals surface area contributed by atoms with E-state index in [9.17, 15) is 14.4 Å². The van der Waals surface area contributed by atoms with E-state index in [0.717, 1.165) is 0 Å². The summed E-state index contributed by atoms with van der Waals surface area (Å²) in [4.78, 5) is 40.0. The summed E-state index contributed by atoms with van der Waals surface area (Å²) in [5.41, 5.74) is 0.584. The van der Waals surface area contributed by atoms with E-state index < -0.39 is 5.97 Å². The number of hydrogen-bond acceptors (Lipinski definition) is 4. The van der Waals surface area contributed by atoms with Gasteiger partial charge in [0.05, 0.1) is 13.0 Å². The highest BCUT2D eigenvalue weighted by molar-refractivity contribution is 5.94. The predicted octanol–water partition coefficient (Wildman–Crippen LogP) is 1.87. The standard InChI is InChI=1S/C20H26N2O5/c1-27-17-4-2-3-16(13-17)19(24)22-11-9-21(10-12-22)18(23)14-5-7-15(8-6-14)20(25)26/h2-4,13-15H,5-12H2,1H3,(H,25,26). The molecule has 146 valence electrons. The third-order valence-corrected chi connectivity index (χ3v) is 5.62. The van der Waals surface area contributed by atoms with Gasteiger partial charge in [-0.1, -0.05) is 6.07 Å². The normalized spacial score (nSPS) is 23.0. The predicted molar refractivity (Wildman–Crippen MR) is 98.6 cm³/mol. The van der Waals surface area contributed by atoms with Gasteiger partial charge < -0.3 is 19.6 Å². The first-order chi connectivity index (χ1) is 13.0. The number of nitrogens with zero attached hydrogens (tertiary/aromatic N) is 2. The number of carbonyl (C=O) groups is 3. The first-order valence-electron chi connectivity index (χ1n) is 9.44. The summed E-state index contributed by atoms with van der Waals surface area (Å²) in [7, 11) is 1.57. The maximum atomic E-state index is 12.7. The first-order valence-corrected chi connectivity index (χ1v) is 9.44. The second-order valence-corrected chi connectivity index (χ2v) is 7.24. The highest BCUT2D eigenvalue weighted by Gasteiger charge is 2.33. The number of benzene rings is 1. The van der Waals surface area contributed by atoms with Crippen LogP contribution in [-0.4, -0.2) is 66.0 Å². The third-order valence-electron chi connectivity index (χ3n) is 5.62. The second-order valence-electron chi connectivity index (χ2n) is 7.24. The highest BCUT2D eigenvalue weighted by Crippen LogP contribution is 2.30. The van der Waals surface area contributed by atoms with Crippen molar-refractivity contribution in [1.82, 2.24) is 9.80 Å². The molecule has 7 heteroatoms. The maximum absolute atomic E-state index is 12.7. The quantitative estimate of drug-likeness (QED) is 0.869. The van der Waals surface area contributed by atoms with Crippen molar-refractivity contribution in [2.75, 3.05) is 33.3 Å². The van der Waals surface area contributed by atoms with Crippen molar-refractivity contribution in [2.24, 2.45) is 11.8 Å². The number of amides is 2. The lowest BCUT2D eigenvalue weighted by atomic mass is 9.81.